The molecule has 1 aromatic carbocycles. The maximum absolute atomic E-state index is 12.5. The van der Waals surface area contributed by atoms with E-state index in [1.807, 2.05) is 11.8 Å². The van der Waals surface area contributed by atoms with Crippen LogP contribution in [0.4, 0.5) is 0 Å². The first kappa shape index (κ1) is 13.7. The lowest BCUT2D eigenvalue weighted by molar-refractivity contribution is 0.0700. The third-order valence-corrected chi connectivity index (χ3v) is 3.51. The number of phenols is 1. The summed E-state index contributed by atoms with van der Waals surface area (Å²) in [5, 5.41) is 13.2. The van der Waals surface area contributed by atoms with Crippen LogP contribution in [0.15, 0.2) is 18.2 Å². The van der Waals surface area contributed by atoms with E-state index in [0.717, 1.165) is 19.5 Å². The van der Waals surface area contributed by atoms with Gasteiger partial charge in [-0.2, -0.15) is 0 Å². The van der Waals surface area contributed by atoms with Gasteiger partial charge in [0.05, 0.1) is 12.7 Å². The van der Waals surface area contributed by atoms with Gasteiger partial charge >= 0.3 is 0 Å². The molecule has 1 aliphatic heterocycles. The molecular formula is C14H20N2O3. The molecule has 0 spiro atoms. The lowest BCUT2D eigenvalue weighted by Crippen LogP contribution is -2.41. The van der Waals surface area contributed by atoms with Crippen LogP contribution in [0.25, 0.3) is 0 Å². The minimum atomic E-state index is -0.128. The van der Waals surface area contributed by atoms with Gasteiger partial charge < -0.3 is 20.1 Å². The largest absolute Gasteiger partial charge is 0.507 e. The number of hydrogen-bond acceptors (Lipinski definition) is 4. The zero-order chi connectivity index (χ0) is 13.8. The number of carbonyl (C=O) groups is 1. The first-order valence-corrected chi connectivity index (χ1v) is 6.56. The number of rotatable bonds is 4. The second kappa shape index (κ2) is 5.93. The Kier molecular flexibility index (Phi) is 4.27. The van der Waals surface area contributed by atoms with E-state index in [0.29, 0.717) is 17.9 Å². The SMILES string of the molecule is CCN(C(=O)c1ccc(OC)cc1O)C1CCNC1. The van der Waals surface area contributed by atoms with Gasteiger partial charge in [-0.15, -0.1) is 0 Å². The summed E-state index contributed by atoms with van der Waals surface area (Å²) in [4.78, 5) is 14.3. The summed E-state index contributed by atoms with van der Waals surface area (Å²) in [5.41, 5.74) is 0.328. The topological polar surface area (TPSA) is 61.8 Å². The van der Waals surface area contributed by atoms with Crippen molar-refractivity contribution in [2.45, 2.75) is 19.4 Å². The monoisotopic (exact) mass is 264 g/mol. The Hall–Kier alpha value is -1.75. The zero-order valence-electron chi connectivity index (χ0n) is 11.3. The third-order valence-electron chi connectivity index (χ3n) is 3.51. The van der Waals surface area contributed by atoms with Crippen molar-refractivity contribution in [3.05, 3.63) is 23.8 Å². The molecule has 1 aliphatic rings. The molecule has 1 unspecified atom stereocenters. The lowest BCUT2D eigenvalue weighted by Gasteiger charge is -2.27. The van der Waals surface area contributed by atoms with E-state index in [1.54, 1.807) is 12.1 Å². The molecule has 1 saturated heterocycles. The Bertz CT molecular complexity index is 456. The van der Waals surface area contributed by atoms with Gasteiger partial charge in [0.15, 0.2) is 0 Å². The van der Waals surface area contributed by atoms with E-state index in [-0.39, 0.29) is 17.7 Å². The van der Waals surface area contributed by atoms with Crippen molar-refractivity contribution in [1.82, 2.24) is 10.2 Å². The molecule has 5 heteroatoms. The van der Waals surface area contributed by atoms with Crippen molar-refractivity contribution in [2.24, 2.45) is 0 Å². The highest BCUT2D eigenvalue weighted by molar-refractivity contribution is 5.97. The minimum Gasteiger partial charge on any atom is -0.507 e. The molecule has 1 fully saturated rings. The Morgan fingerprint density at radius 2 is 2.37 bits per heavy atom. The fourth-order valence-corrected chi connectivity index (χ4v) is 2.45. The number of hydrogen-bond donors (Lipinski definition) is 2. The smallest absolute Gasteiger partial charge is 0.257 e. The molecule has 1 heterocycles. The summed E-state index contributed by atoms with van der Waals surface area (Å²) in [6.07, 6.45) is 0.955. The van der Waals surface area contributed by atoms with Crippen LogP contribution in [0.5, 0.6) is 11.5 Å². The molecular weight excluding hydrogens is 244 g/mol. The molecule has 0 aliphatic carbocycles. The Morgan fingerprint density at radius 3 is 2.89 bits per heavy atom. The van der Waals surface area contributed by atoms with Crippen LogP contribution < -0.4 is 10.1 Å². The van der Waals surface area contributed by atoms with Gasteiger partial charge in [-0.05, 0) is 32.0 Å². The van der Waals surface area contributed by atoms with E-state index < -0.39 is 0 Å². The number of amides is 1. The van der Waals surface area contributed by atoms with Crippen molar-refractivity contribution in [3.63, 3.8) is 0 Å². The van der Waals surface area contributed by atoms with Crippen molar-refractivity contribution in [2.75, 3.05) is 26.7 Å². The first-order chi connectivity index (χ1) is 9.17. The van der Waals surface area contributed by atoms with Crippen LogP contribution >= 0.6 is 0 Å². The molecule has 2 rings (SSSR count). The maximum Gasteiger partial charge on any atom is 0.257 e. The number of nitrogens with one attached hydrogen (secondary N) is 1. The Balaban J connectivity index is 2.21. The summed E-state index contributed by atoms with van der Waals surface area (Å²) in [7, 11) is 1.53. The fraction of sp³-hybridized carbons (Fsp3) is 0.500. The molecule has 5 nitrogen and oxygen atoms in total. The normalized spacial score (nSPS) is 18.3. The number of carbonyl (C=O) groups excluding carboxylic acids is 1. The summed E-state index contributed by atoms with van der Waals surface area (Å²) in [6, 6.07) is 4.97. The second-order valence-corrected chi connectivity index (χ2v) is 4.62. The predicted molar refractivity (Wildman–Crippen MR) is 72.6 cm³/mol. The van der Waals surface area contributed by atoms with E-state index in [1.165, 1.54) is 13.2 Å². The van der Waals surface area contributed by atoms with Gasteiger partial charge in [0, 0.05) is 25.2 Å². The molecule has 1 aromatic rings. The first-order valence-electron chi connectivity index (χ1n) is 6.56. The average Bonchev–Trinajstić information content (AvgIpc) is 2.93. The summed E-state index contributed by atoms with van der Waals surface area (Å²) in [6.45, 7) is 4.34. The summed E-state index contributed by atoms with van der Waals surface area (Å²) in [5.74, 6) is 0.379. The number of nitrogens with zero attached hydrogens (tertiary/aromatic N) is 1. The van der Waals surface area contributed by atoms with Crippen LogP contribution in [-0.4, -0.2) is 48.7 Å². The Morgan fingerprint density at radius 1 is 1.58 bits per heavy atom. The van der Waals surface area contributed by atoms with Crippen molar-refractivity contribution >= 4 is 5.91 Å². The molecule has 0 bridgehead atoms. The zero-order valence-corrected chi connectivity index (χ0v) is 11.3. The van der Waals surface area contributed by atoms with E-state index in [4.69, 9.17) is 4.74 Å². The molecule has 1 amide bonds. The third kappa shape index (κ3) is 2.81. The average molecular weight is 264 g/mol. The van der Waals surface area contributed by atoms with Crippen LogP contribution in [-0.2, 0) is 0 Å². The van der Waals surface area contributed by atoms with Crippen LogP contribution in [0.2, 0.25) is 0 Å². The predicted octanol–water partition coefficient (Wildman–Crippen LogP) is 1.22. The maximum atomic E-state index is 12.5. The van der Waals surface area contributed by atoms with Crippen molar-refractivity contribution in [1.29, 1.82) is 0 Å². The highest BCUT2D eigenvalue weighted by Gasteiger charge is 2.27. The van der Waals surface area contributed by atoms with Crippen molar-refractivity contribution in [3.8, 4) is 11.5 Å². The van der Waals surface area contributed by atoms with Crippen LogP contribution in [0.1, 0.15) is 23.7 Å². The summed E-state index contributed by atoms with van der Waals surface area (Å²) < 4.78 is 5.02. The van der Waals surface area contributed by atoms with Gasteiger partial charge in [0.1, 0.15) is 11.5 Å². The number of ether oxygens (including phenoxy) is 1. The molecule has 0 radical (unpaired) electrons. The quantitative estimate of drug-likeness (QED) is 0.858. The number of phenolic OH excluding ortho intramolecular Hbond substituents is 1. The molecule has 0 saturated carbocycles. The van der Waals surface area contributed by atoms with Gasteiger partial charge in [0.2, 0.25) is 0 Å². The van der Waals surface area contributed by atoms with Gasteiger partial charge in [-0.3, -0.25) is 4.79 Å². The standard InChI is InChI=1S/C14H20N2O3/c1-3-16(10-6-7-15-9-10)14(18)12-5-4-11(19-2)8-13(12)17/h4-5,8,10,15,17H,3,6-7,9H2,1-2H3. The number of likely N-dealkylation sites (N-methyl/N-ethyl adjacent to an activating group) is 1. The number of benzene rings is 1. The van der Waals surface area contributed by atoms with Crippen LogP contribution in [0.3, 0.4) is 0 Å². The molecule has 104 valence electrons. The van der Waals surface area contributed by atoms with E-state index in [9.17, 15) is 9.90 Å². The molecule has 1 atom stereocenters. The van der Waals surface area contributed by atoms with Crippen LogP contribution in [0, 0.1) is 0 Å². The van der Waals surface area contributed by atoms with E-state index in [2.05, 4.69) is 5.32 Å². The molecule has 19 heavy (non-hydrogen) atoms. The van der Waals surface area contributed by atoms with Gasteiger partial charge in [-0.25, -0.2) is 0 Å². The summed E-state index contributed by atoms with van der Waals surface area (Å²) >= 11 is 0. The van der Waals surface area contributed by atoms with Gasteiger partial charge in [-0.1, -0.05) is 0 Å². The molecule has 0 aromatic heterocycles. The highest BCUT2D eigenvalue weighted by Crippen LogP contribution is 2.25. The number of aromatic hydroxyl groups is 1. The number of methoxy groups -OCH3 is 1. The Labute approximate surface area is 113 Å². The van der Waals surface area contributed by atoms with Crippen molar-refractivity contribution < 1.29 is 14.6 Å². The second-order valence-electron chi connectivity index (χ2n) is 4.62. The highest BCUT2D eigenvalue weighted by atomic mass is 16.5. The fourth-order valence-electron chi connectivity index (χ4n) is 2.45. The lowest BCUT2D eigenvalue weighted by atomic mass is 10.1. The molecule has 2 N–H and O–H groups in total. The minimum absolute atomic E-state index is 0.0336. The van der Waals surface area contributed by atoms with Gasteiger partial charge in [0.25, 0.3) is 5.91 Å². The van der Waals surface area contributed by atoms with E-state index >= 15 is 0 Å².